The van der Waals surface area contributed by atoms with Crippen molar-refractivity contribution in [3.8, 4) is 0 Å². The van der Waals surface area contributed by atoms with Crippen molar-refractivity contribution >= 4 is 5.91 Å². The van der Waals surface area contributed by atoms with Gasteiger partial charge in [-0.05, 0) is 44.0 Å². The predicted molar refractivity (Wildman–Crippen MR) is 74.0 cm³/mol. The molecule has 2 rings (SSSR count). The SMILES string of the molecule is CC1CCN(CC(O)CNC(=O)c2ccc[nH]2)CC1. The van der Waals surface area contributed by atoms with Crippen molar-refractivity contribution in [2.24, 2.45) is 5.92 Å². The van der Waals surface area contributed by atoms with Crippen LogP contribution in [-0.4, -0.2) is 53.2 Å². The lowest BCUT2D eigenvalue weighted by Crippen LogP contribution is -2.43. The molecule has 3 N–H and O–H groups in total. The van der Waals surface area contributed by atoms with E-state index in [-0.39, 0.29) is 5.91 Å². The number of aromatic amines is 1. The number of amides is 1. The van der Waals surface area contributed by atoms with Gasteiger partial charge in [0.25, 0.3) is 5.91 Å². The van der Waals surface area contributed by atoms with Crippen LogP contribution in [0, 0.1) is 5.92 Å². The Kier molecular flexibility index (Phi) is 4.99. The number of β-amino-alcohol motifs (C(OH)–C–C–N with tert-alkyl or cyclic N) is 1. The number of nitrogens with zero attached hydrogens (tertiary/aromatic N) is 1. The van der Waals surface area contributed by atoms with Crippen molar-refractivity contribution in [1.82, 2.24) is 15.2 Å². The van der Waals surface area contributed by atoms with Crippen LogP contribution in [-0.2, 0) is 0 Å². The maximum absolute atomic E-state index is 11.7. The average Bonchev–Trinajstić information content (AvgIpc) is 2.93. The van der Waals surface area contributed by atoms with Gasteiger partial charge >= 0.3 is 0 Å². The van der Waals surface area contributed by atoms with Crippen molar-refractivity contribution in [2.45, 2.75) is 25.9 Å². The number of carbonyl (C=O) groups excluding carboxylic acids is 1. The van der Waals surface area contributed by atoms with Gasteiger partial charge in [0.2, 0.25) is 0 Å². The van der Waals surface area contributed by atoms with Gasteiger partial charge in [-0.2, -0.15) is 0 Å². The summed E-state index contributed by atoms with van der Waals surface area (Å²) in [5, 5.41) is 12.7. The molecule has 0 radical (unpaired) electrons. The van der Waals surface area contributed by atoms with Crippen molar-refractivity contribution < 1.29 is 9.90 Å². The van der Waals surface area contributed by atoms with Crippen molar-refractivity contribution in [3.63, 3.8) is 0 Å². The average molecular weight is 265 g/mol. The number of aliphatic hydroxyl groups is 1. The smallest absolute Gasteiger partial charge is 0.267 e. The van der Waals surface area contributed by atoms with E-state index in [9.17, 15) is 9.90 Å². The lowest BCUT2D eigenvalue weighted by molar-refractivity contribution is 0.0793. The lowest BCUT2D eigenvalue weighted by atomic mass is 9.99. The van der Waals surface area contributed by atoms with Gasteiger partial charge in [0.1, 0.15) is 5.69 Å². The summed E-state index contributed by atoms with van der Waals surface area (Å²) in [7, 11) is 0. The van der Waals surface area contributed by atoms with Gasteiger partial charge in [0.15, 0.2) is 0 Å². The zero-order valence-electron chi connectivity index (χ0n) is 11.4. The fourth-order valence-corrected chi connectivity index (χ4v) is 2.38. The molecular weight excluding hydrogens is 242 g/mol. The van der Waals surface area contributed by atoms with Crippen LogP contribution in [0.1, 0.15) is 30.3 Å². The second kappa shape index (κ2) is 6.73. The summed E-state index contributed by atoms with van der Waals surface area (Å²) >= 11 is 0. The summed E-state index contributed by atoms with van der Waals surface area (Å²) in [4.78, 5) is 16.8. The van der Waals surface area contributed by atoms with Crippen LogP contribution >= 0.6 is 0 Å². The molecule has 1 fully saturated rings. The van der Waals surface area contributed by atoms with Crippen LogP contribution in [0.15, 0.2) is 18.3 Å². The highest BCUT2D eigenvalue weighted by Crippen LogP contribution is 2.15. The number of H-pyrrole nitrogens is 1. The summed E-state index contributed by atoms with van der Waals surface area (Å²) in [6.45, 7) is 5.29. The lowest BCUT2D eigenvalue weighted by Gasteiger charge is -2.31. The number of likely N-dealkylation sites (tertiary alicyclic amines) is 1. The Morgan fingerprint density at radius 1 is 1.58 bits per heavy atom. The monoisotopic (exact) mass is 265 g/mol. The number of rotatable bonds is 5. The highest BCUT2D eigenvalue weighted by molar-refractivity contribution is 5.92. The number of nitrogens with one attached hydrogen (secondary N) is 2. The zero-order chi connectivity index (χ0) is 13.7. The molecule has 1 atom stereocenters. The van der Waals surface area contributed by atoms with E-state index in [1.807, 2.05) is 0 Å². The molecular formula is C14H23N3O2. The number of carbonyl (C=O) groups is 1. The van der Waals surface area contributed by atoms with E-state index in [2.05, 4.69) is 22.1 Å². The first-order chi connectivity index (χ1) is 9.15. The quantitative estimate of drug-likeness (QED) is 0.739. The fraction of sp³-hybridized carbons (Fsp3) is 0.643. The van der Waals surface area contributed by atoms with E-state index in [1.165, 1.54) is 12.8 Å². The molecule has 0 aromatic carbocycles. The minimum absolute atomic E-state index is 0.170. The van der Waals surface area contributed by atoms with Crippen LogP contribution in [0.3, 0.4) is 0 Å². The molecule has 5 heteroatoms. The summed E-state index contributed by atoms with van der Waals surface area (Å²) in [6, 6.07) is 3.49. The Morgan fingerprint density at radius 3 is 2.95 bits per heavy atom. The molecule has 1 aliphatic rings. The third-order valence-electron chi connectivity index (χ3n) is 3.69. The first kappa shape index (κ1) is 14.1. The minimum atomic E-state index is -0.507. The summed E-state index contributed by atoms with van der Waals surface area (Å²) in [5.74, 6) is 0.622. The molecule has 0 bridgehead atoms. The van der Waals surface area contributed by atoms with Gasteiger partial charge in [0, 0.05) is 19.3 Å². The number of piperidine rings is 1. The fourth-order valence-electron chi connectivity index (χ4n) is 2.38. The first-order valence-electron chi connectivity index (χ1n) is 6.97. The molecule has 19 heavy (non-hydrogen) atoms. The zero-order valence-corrected chi connectivity index (χ0v) is 11.4. The number of aromatic nitrogens is 1. The van der Waals surface area contributed by atoms with Gasteiger partial charge in [-0.15, -0.1) is 0 Å². The summed E-state index contributed by atoms with van der Waals surface area (Å²) in [6.07, 6.45) is 3.59. The molecule has 0 aliphatic carbocycles. The molecule has 1 unspecified atom stereocenters. The van der Waals surface area contributed by atoms with Gasteiger partial charge in [-0.1, -0.05) is 6.92 Å². The van der Waals surface area contributed by atoms with Crippen LogP contribution in [0.25, 0.3) is 0 Å². The Hall–Kier alpha value is -1.33. The van der Waals surface area contributed by atoms with Gasteiger partial charge < -0.3 is 20.3 Å². The Balaban J connectivity index is 1.67. The predicted octanol–water partition coefficient (Wildman–Crippen LogP) is 0.837. The Morgan fingerprint density at radius 2 is 2.32 bits per heavy atom. The number of aliphatic hydroxyl groups excluding tert-OH is 1. The highest BCUT2D eigenvalue weighted by atomic mass is 16.3. The maximum Gasteiger partial charge on any atom is 0.267 e. The van der Waals surface area contributed by atoms with E-state index in [0.717, 1.165) is 19.0 Å². The molecule has 1 aromatic heterocycles. The molecule has 0 saturated carbocycles. The van der Waals surface area contributed by atoms with Crippen LogP contribution in [0.4, 0.5) is 0 Å². The van der Waals surface area contributed by atoms with E-state index in [4.69, 9.17) is 0 Å². The van der Waals surface area contributed by atoms with Gasteiger partial charge in [-0.25, -0.2) is 0 Å². The van der Waals surface area contributed by atoms with Crippen molar-refractivity contribution in [1.29, 1.82) is 0 Å². The Bertz CT molecular complexity index is 383. The molecule has 106 valence electrons. The van der Waals surface area contributed by atoms with Gasteiger partial charge in [0.05, 0.1) is 6.10 Å². The third kappa shape index (κ3) is 4.36. The van der Waals surface area contributed by atoms with E-state index < -0.39 is 6.10 Å². The van der Waals surface area contributed by atoms with E-state index in [1.54, 1.807) is 18.3 Å². The highest BCUT2D eigenvalue weighted by Gasteiger charge is 2.18. The van der Waals surface area contributed by atoms with E-state index >= 15 is 0 Å². The largest absolute Gasteiger partial charge is 0.390 e. The normalized spacial score (nSPS) is 19.3. The molecule has 1 saturated heterocycles. The second-order valence-corrected chi connectivity index (χ2v) is 5.43. The molecule has 0 spiro atoms. The third-order valence-corrected chi connectivity index (χ3v) is 3.69. The van der Waals surface area contributed by atoms with Crippen LogP contribution in [0.2, 0.25) is 0 Å². The minimum Gasteiger partial charge on any atom is -0.390 e. The molecule has 1 aromatic rings. The molecule has 1 aliphatic heterocycles. The Labute approximate surface area is 114 Å². The van der Waals surface area contributed by atoms with Crippen LogP contribution < -0.4 is 5.32 Å². The number of hydrogen-bond donors (Lipinski definition) is 3. The molecule has 2 heterocycles. The second-order valence-electron chi connectivity index (χ2n) is 5.43. The topological polar surface area (TPSA) is 68.4 Å². The summed E-state index contributed by atoms with van der Waals surface area (Å²) < 4.78 is 0. The van der Waals surface area contributed by atoms with Crippen LogP contribution in [0.5, 0.6) is 0 Å². The van der Waals surface area contributed by atoms with E-state index in [0.29, 0.717) is 18.8 Å². The number of hydrogen-bond acceptors (Lipinski definition) is 3. The first-order valence-corrected chi connectivity index (χ1v) is 6.97. The van der Waals surface area contributed by atoms with Crippen molar-refractivity contribution in [2.75, 3.05) is 26.2 Å². The molecule has 5 nitrogen and oxygen atoms in total. The standard InChI is InChI=1S/C14H23N3O2/c1-11-4-7-17(8-5-11)10-12(18)9-16-14(19)13-3-2-6-15-13/h2-3,6,11-12,15,18H,4-5,7-10H2,1H3,(H,16,19). The maximum atomic E-state index is 11.7. The van der Waals surface area contributed by atoms with Crippen molar-refractivity contribution in [3.05, 3.63) is 24.0 Å². The summed E-state index contributed by atoms with van der Waals surface area (Å²) in [5.41, 5.74) is 0.527. The molecule has 1 amide bonds. The van der Waals surface area contributed by atoms with Gasteiger partial charge in [-0.3, -0.25) is 4.79 Å².